The number of hydrogen-bond donors (Lipinski definition) is 1. The van der Waals surface area contributed by atoms with Crippen molar-refractivity contribution >= 4 is 11.3 Å². The van der Waals surface area contributed by atoms with Gasteiger partial charge in [0.1, 0.15) is 0 Å². The number of hydrogen-bond acceptors (Lipinski definition) is 2. The Bertz CT molecular complexity index is 287. The molecule has 0 amide bonds. The van der Waals surface area contributed by atoms with Crippen LogP contribution in [0.2, 0.25) is 0 Å². The van der Waals surface area contributed by atoms with Crippen molar-refractivity contribution in [2.24, 2.45) is 0 Å². The van der Waals surface area contributed by atoms with Gasteiger partial charge in [-0.1, -0.05) is 17.7 Å². The van der Waals surface area contributed by atoms with Crippen molar-refractivity contribution in [3.8, 4) is 0 Å². The molecule has 0 aromatic carbocycles. The van der Waals surface area contributed by atoms with Gasteiger partial charge >= 0.3 is 0 Å². The van der Waals surface area contributed by atoms with E-state index in [0.29, 0.717) is 0 Å². The number of aliphatic hydroxyl groups is 1. The summed E-state index contributed by atoms with van der Waals surface area (Å²) in [6.45, 7) is 0. The van der Waals surface area contributed by atoms with Gasteiger partial charge in [-0.05, 0) is 30.7 Å². The fourth-order valence-corrected chi connectivity index (χ4v) is 2.52. The fourth-order valence-electron chi connectivity index (χ4n) is 1.76. The van der Waals surface area contributed by atoms with Gasteiger partial charge < -0.3 is 5.11 Å². The highest BCUT2D eigenvalue weighted by atomic mass is 32.1. The monoisotopic (exact) mass is 194 g/mol. The Kier molecular flexibility index (Phi) is 2.81. The minimum absolute atomic E-state index is 0.191. The van der Waals surface area contributed by atoms with Gasteiger partial charge in [0.25, 0.3) is 0 Å². The van der Waals surface area contributed by atoms with Crippen LogP contribution in [0.5, 0.6) is 0 Å². The summed E-state index contributed by atoms with van der Waals surface area (Å²) in [6, 6.07) is 4.24. The van der Waals surface area contributed by atoms with Crippen molar-refractivity contribution in [1.82, 2.24) is 0 Å². The molecular weight excluding hydrogens is 180 g/mol. The standard InChI is InChI=1S/C11H14OS/c12-10-4-1-3-9(7-10)8-11-5-2-6-13-11/h2,5-7,10,12H,1,3-4,8H2. The van der Waals surface area contributed by atoms with Gasteiger partial charge in [0.05, 0.1) is 6.10 Å². The third kappa shape index (κ3) is 2.42. The lowest BCUT2D eigenvalue weighted by atomic mass is 9.95. The Morgan fingerprint density at radius 1 is 1.54 bits per heavy atom. The summed E-state index contributed by atoms with van der Waals surface area (Å²) in [5.41, 5.74) is 1.40. The molecule has 1 aliphatic carbocycles. The van der Waals surface area contributed by atoms with Crippen molar-refractivity contribution in [3.05, 3.63) is 34.0 Å². The maximum Gasteiger partial charge on any atom is 0.0723 e. The topological polar surface area (TPSA) is 20.2 Å². The lowest BCUT2D eigenvalue weighted by Crippen LogP contribution is -2.09. The average Bonchev–Trinajstić information content (AvgIpc) is 2.57. The highest BCUT2D eigenvalue weighted by molar-refractivity contribution is 7.09. The molecule has 1 heterocycles. The zero-order valence-electron chi connectivity index (χ0n) is 7.57. The van der Waals surface area contributed by atoms with Crippen LogP contribution in [0.25, 0.3) is 0 Å². The quantitative estimate of drug-likeness (QED) is 0.718. The fraction of sp³-hybridized carbons (Fsp3) is 0.455. The Hall–Kier alpha value is -0.600. The van der Waals surface area contributed by atoms with Crippen LogP contribution in [-0.4, -0.2) is 11.2 Å². The molecule has 0 spiro atoms. The Labute approximate surface area is 82.7 Å². The summed E-state index contributed by atoms with van der Waals surface area (Å²) in [7, 11) is 0. The second-order valence-corrected chi connectivity index (χ2v) is 4.57. The normalized spacial score (nSPS) is 22.8. The first-order valence-electron chi connectivity index (χ1n) is 4.74. The molecule has 0 bridgehead atoms. The van der Waals surface area contributed by atoms with Gasteiger partial charge in [0, 0.05) is 11.3 Å². The van der Waals surface area contributed by atoms with E-state index >= 15 is 0 Å². The summed E-state index contributed by atoms with van der Waals surface area (Å²) in [6.07, 6.45) is 6.11. The van der Waals surface area contributed by atoms with Crippen LogP contribution in [-0.2, 0) is 6.42 Å². The van der Waals surface area contributed by atoms with Crippen molar-refractivity contribution < 1.29 is 5.11 Å². The molecule has 0 fully saturated rings. The molecule has 0 saturated carbocycles. The predicted octanol–water partition coefficient (Wildman–Crippen LogP) is 2.76. The van der Waals surface area contributed by atoms with Crippen LogP contribution in [0.3, 0.4) is 0 Å². The third-order valence-electron chi connectivity index (χ3n) is 2.41. The van der Waals surface area contributed by atoms with Crippen molar-refractivity contribution in [2.45, 2.75) is 31.8 Å². The Morgan fingerprint density at radius 3 is 3.15 bits per heavy atom. The van der Waals surface area contributed by atoms with Crippen molar-refractivity contribution in [1.29, 1.82) is 0 Å². The lowest BCUT2D eigenvalue weighted by molar-refractivity contribution is 0.202. The van der Waals surface area contributed by atoms with Gasteiger partial charge in [-0.3, -0.25) is 0 Å². The smallest absolute Gasteiger partial charge is 0.0723 e. The molecule has 13 heavy (non-hydrogen) atoms. The van der Waals surface area contributed by atoms with E-state index in [-0.39, 0.29) is 6.10 Å². The van der Waals surface area contributed by atoms with Crippen LogP contribution in [0, 0.1) is 0 Å². The first kappa shape index (κ1) is 8.97. The second kappa shape index (κ2) is 4.07. The first-order valence-corrected chi connectivity index (χ1v) is 5.62. The molecule has 2 rings (SSSR count). The van der Waals surface area contributed by atoms with Gasteiger partial charge in [-0.25, -0.2) is 0 Å². The minimum atomic E-state index is -0.191. The highest BCUT2D eigenvalue weighted by Gasteiger charge is 2.10. The summed E-state index contributed by atoms with van der Waals surface area (Å²) in [4.78, 5) is 1.40. The molecule has 0 aliphatic heterocycles. The van der Waals surface area contributed by atoms with Gasteiger partial charge in [-0.2, -0.15) is 0 Å². The van der Waals surface area contributed by atoms with Crippen LogP contribution in [0.15, 0.2) is 29.2 Å². The predicted molar refractivity (Wildman–Crippen MR) is 56.0 cm³/mol. The molecule has 1 N–H and O–H groups in total. The largest absolute Gasteiger partial charge is 0.389 e. The lowest BCUT2D eigenvalue weighted by Gasteiger charge is -2.16. The molecule has 2 heteroatoms. The van der Waals surface area contributed by atoms with E-state index in [1.54, 1.807) is 11.3 Å². The SMILES string of the molecule is OC1C=C(Cc2cccs2)CCC1. The van der Waals surface area contributed by atoms with E-state index in [0.717, 1.165) is 25.7 Å². The molecule has 1 aromatic heterocycles. The second-order valence-electron chi connectivity index (χ2n) is 3.54. The summed E-state index contributed by atoms with van der Waals surface area (Å²) >= 11 is 1.80. The van der Waals surface area contributed by atoms with E-state index < -0.39 is 0 Å². The van der Waals surface area contributed by atoms with E-state index in [1.807, 2.05) is 6.08 Å². The molecule has 0 saturated heterocycles. The van der Waals surface area contributed by atoms with Crippen LogP contribution in [0.4, 0.5) is 0 Å². The maximum atomic E-state index is 9.44. The van der Waals surface area contributed by atoms with Gasteiger partial charge in [-0.15, -0.1) is 11.3 Å². The molecule has 0 radical (unpaired) electrons. The van der Waals surface area contributed by atoms with E-state index in [2.05, 4.69) is 17.5 Å². The molecule has 1 aromatic rings. The Balaban J connectivity index is 2.02. The highest BCUT2D eigenvalue weighted by Crippen LogP contribution is 2.23. The number of rotatable bonds is 2. The van der Waals surface area contributed by atoms with E-state index in [9.17, 15) is 5.11 Å². The van der Waals surface area contributed by atoms with Gasteiger partial charge in [0.2, 0.25) is 0 Å². The van der Waals surface area contributed by atoms with Crippen LogP contribution in [0.1, 0.15) is 24.1 Å². The van der Waals surface area contributed by atoms with Crippen molar-refractivity contribution in [3.63, 3.8) is 0 Å². The molecule has 70 valence electrons. The Morgan fingerprint density at radius 2 is 2.46 bits per heavy atom. The minimum Gasteiger partial charge on any atom is -0.389 e. The van der Waals surface area contributed by atoms with E-state index in [1.165, 1.54) is 10.5 Å². The first-order chi connectivity index (χ1) is 6.34. The third-order valence-corrected chi connectivity index (χ3v) is 3.28. The summed E-state index contributed by atoms with van der Waals surface area (Å²) in [5.74, 6) is 0. The zero-order valence-corrected chi connectivity index (χ0v) is 8.39. The molecular formula is C11H14OS. The molecule has 1 aliphatic rings. The zero-order chi connectivity index (χ0) is 9.10. The number of allylic oxidation sites excluding steroid dienone is 1. The van der Waals surface area contributed by atoms with Crippen LogP contribution < -0.4 is 0 Å². The summed E-state index contributed by atoms with van der Waals surface area (Å²) < 4.78 is 0. The average molecular weight is 194 g/mol. The summed E-state index contributed by atoms with van der Waals surface area (Å²) in [5, 5.41) is 11.5. The molecule has 1 atom stereocenters. The number of thiophene rings is 1. The van der Waals surface area contributed by atoms with E-state index in [4.69, 9.17) is 0 Å². The van der Waals surface area contributed by atoms with Crippen LogP contribution >= 0.6 is 11.3 Å². The molecule has 1 unspecified atom stereocenters. The number of aliphatic hydroxyl groups excluding tert-OH is 1. The maximum absolute atomic E-state index is 9.44. The van der Waals surface area contributed by atoms with Crippen molar-refractivity contribution in [2.75, 3.05) is 0 Å². The van der Waals surface area contributed by atoms with Gasteiger partial charge in [0.15, 0.2) is 0 Å². The molecule has 1 nitrogen and oxygen atoms in total.